The first-order valence-electron chi connectivity index (χ1n) is 4.58. The first kappa shape index (κ1) is 10.3. The number of rotatable bonds is 4. The van der Waals surface area contributed by atoms with Crippen molar-refractivity contribution in [2.75, 3.05) is 6.54 Å². The summed E-state index contributed by atoms with van der Waals surface area (Å²) in [7, 11) is 0. The summed E-state index contributed by atoms with van der Waals surface area (Å²) in [4.78, 5) is 0. The van der Waals surface area contributed by atoms with Gasteiger partial charge in [0, 0.05) is 5.92 Å². The molecule has 1 heterocycles. The monoisotopic (exact) mass is 183 g/mol. The van der Waals surface area contributed by atoms with Crippen LogP contribution in [0.4, 0.5) is 0 Å². The quantitative estimate of drug-likeness (QED) is 0.744. The molecule has 0 bridgehead atoms. The molecule has 0 aromatic carbocycles. The molecule has 0 radical (unpaired) electrons. The van der Waals surface area contributed by atoms with Crippen LogP contribution in [-0.2, 0) is 0 Å². The molecule has 0 spiro atoms. The maximum Gasteiger partial charge on any atom is 0.132 e. The second-order valence-corrected chi connectivity index (χ2v) is 3.60. The van der Waals surface area contributed by atoms with Crippen LogP contribution in [0.1, 0.15) is 25.7 Å². The van der Waals surface area contributed by atoms with E-state index in [-0.39, 0.29) is 5.92 Å². The van der Waals surface area contributed by atoms with E-state index < -0.39 is 6.10 Å². The molecule has 1 aromatic rings. The summed E-state index contributed by atoms with van der Waals surface area (Å²) in [5.41, 5.74) is 5.58. The third-order valence-corrected chi connectivity index (χ3v) is 2.37. The van der Waals surface area contributed by atoms with Gasteiger partial charge in [0.15, 0.2) is 0 Å². The van der Waals surface area contributed by atoms with Gasteiger partial charge < -0.3 is 15.3 Å². The largest absolute Gasteiger partial charge is 0.467 e. The van der Waals surface area contributed by atoms with Crippen LogP contribution in [0.5, 0.6) is 0 Å². The van der Waals surface area contributed by atoms with Crippen LogP contribution in [0.25, 0.3) is 0 Å². The van der Waals surface area contributed by atoms with Gasteiger partial charge in [0.05, 0.1) is 6.26 Å². The van der Waals surface area contributed by atoms with Crippen LogP contribution < -0.4 is 5.73 Å². The maximum absolute atomic E-state index is 9.87. The molecule has 1 rings (SSSR count). The summed E-state index contributed by atoms with van der Waals surface area (Å²) in [6.45, 7) is 4.56. The highest BCUT2D eigenvalue weighted by molar-refractivity contribution is 5.03. The summed E-state index contributed by atoms with van der Waals surface area (Å²) in [6, 6.07) is 3.54. The lowest BCUT2D eigenvalue weighted by Crippen LogP contribution is -2.26. The molecule has 2 unspecified atom stereocenters. The lowest BCUT2D eigenvalue weighted by atomic mass is 9.89. The standard InChI is InChI=1S/C10H17NO2/c1-7(2)8(6-11)10(12)9-4-3-5-13-9/h3-5,7-8,10,12H,6,11H2,1-2H3. The number of aliphatic hydroxyl groups excluding tert-OH is 1. The minimum absolute atomic E-state index is 0.0612. The van der Waals surface area contributed by atoms with Crippen molar-refractivity contribution in [2.24, 2.45) is 17.6 Å². The van der Waals surface area contributed by atoms with Crippen molar-refractivity contribution in [3.8, 4) is 0 Å². The highest BCUT2D eigenvalue weighted by atomic mass is 16.4. The third kappa shape index (κ3) is 2.32. The van der Waals surface area contributed by atoms with E-state index >= 15 is 0 Å². The number of nitrogens with two attached hydrogens (primary N) is 1. The second kappa shape index (κ2) is 4.44. The molecular weight excluding hydrogens is 166 g/mol. The van der Waals surface area contributed by atoms with E-state index in [1.807, 2.05) is 13.8 Å². The highest BCUT2D eigenvalue weighted by Gasteiger charge is 2.24. The van der Waals surface area contributed by atoms with Gasteiger partial charge in [-0.2, -0.15) is 0 Å². The van der Waals surface area contributed by atoms with Crippen molar-refractivity contribution < 1.29 is 9.52 Å². The van der Waals surface area contributed by atoms with Crippen molar-refractivity contribution >= 4 is 0 Å². The minimum Gasteiger partial charge on any atom is -0.467 e. The van der Waals surface area contributed by atoms with Crippen molar-refractivity contribution in [3.05, 3.63) is 24.2 Å². The molecule has 0 aliphatic heterocycles. The Hall–Kier alpha value is -0.800. The van der Waals surface area contributed by atoms with Gasteiger partial charge in [0.1, 0.15) is 11.9 Å². The lowest BCUT2D eigenvalue weighted by Gasteiger charge is -2.23. The molecule has 13 heavy (non-hydrogen) atoms. The van der Waals surface area contributed by atoms with Crippen molar-refractivity contribution in [2.45, 2.75) is 20.0 Å². The third-order valence-electron chi connectivity index (χ3n) is 2.37. The van der Waals surface area contributed by atoms with Crippen molar-refractivity contribution in [1.82, 2.24) is 0 Å². The zero-order valence-electron chi connectivity index (χ0n) is 8.10. The van der Waals surface area contributed by atoms with Gasteiger partial charge in [-0.05, 0) is 24.6 Å². The van der Waals surface area contributed by atoms with E-state index in [1.54, 1.807) is 18.4 Å². The molecule has 3 nitrogen and oxygen atoms in total. The number of hydrogen-bond acceptors (Lipinski definition) is 3. The number of furan rings is 1. The van der Waals surface area contributed by atoms with Gasteiger partial charge in [0.2, 0.25) is 0 Å². The predicted molar refractivity (Wildman–Crippen MR) is 51.1 cm³/mol. The maximum atomic E-state index is 9.87. The summed E-state index contributed by atoms with van der Waals surface area (Å²) in [6.07, 6.45) is 0.979. The molecule has 2 atom stereocenters. The minimum atomic E-state index is -0.583. The van der Waals surface area contributed by atoms with Crippen LogP contribution in [0.15, 0.2) is 22.8 Å². The summed E-state index contributed by atoms with van der Waals surface area (Å²) >= 11 is 0. The smallest absolute Gasteiger partial charge is 0.132 e. The van der Waals surface area contributed by atoms with E-state index in [0.717, 1.165) is 0 Å². The predicted octanol–water partition coefficient (Wildman–Crippen LogP) is 1.54. The highest BCUT2D eigenvalue weighted by Crippen LogP contribution is 2.27. The zero-order chi connectivity index (χ0) is 9.84. The summed E-state index contributed by atoms with van der Waals surface area (Å²) in [5, 5.41) is 9.87. The normalized spacial score (nSPS) is 16.1. The van der Waals surface area contributed by atoms with E-state index in [0.29, 0.717) is 18.2 Å². The summed E-state index contributed by atoms with van der Waals surface area (Å²) in [5.74, 6) is 1.01. The van der Waals surface area contributed by atoms with E-state index in [2.05, 4.69) is 0 Å². The Labute approximate surface area is 78.5 Å². The Balaban J connectivity index is 2.70. The lowest BCUT2D eigenvalue weighted by molar-refractivity contribution is 0.0662. The topological polar surface area (TPSA) is 59.4 Å². The van der Waals surface area contributed by atoms with Gasteiger partial charge >= 0.3 is 0 Å². The Morgan fingerprint density at radius 2 is 2.23 bits per heavy atom. The molecule has 0 saturated carbocycles. The molecule has 0 amide bonds. The fourth-order valence-electron chi connectivity index (χ4n) is 1.44. The zero-order valence-corrected chi connectivity index (χ0v) is 8.10. The molecule has 0 aliphatic carbocycles. The van der Waals surface area contributed by atoms with Gasteiger partial charge in [-0.3, -0.25) is 0 Å². The SMILES string of the molecule is CC(C)C(CN)C(O)c1ccco1. The number of aliphatic hydroxyl groups is 1. The van der Waals surface area contributed by atoms with Crippen LogP contribution in [0.2, 0.25) is 0 Å². The average molecular weight is 183 g/mol. The van der Waals surface area contributed by atoms with E-state index in [1.165, 1.54) is 0 Å². The molecule has 0 aliphatic rings. The molecule has 3 N–H and O–H groups in total. The van der Waals surface area contributed by atoms with Gasteiger partial charge in [-0.15, -0.1) is 0 Å². The second-order valence-electron chi connectivity index (χ2n) is 3.60. The molecule has 0 saturated heterocycles. The molecule has 74 valence electrons. The van der Waals surface area contributed by atoms with Crippen molar-refractivity contribution in [1.29, 1.82) is 0 Å². The molecular formula is C10H17NO2. The molecule has 1 aromatic heterocycles. The first-order chi connectivity index (χ1) is 6.16. The van der Waals surface area contributed by atoms with Crippen LogP contribution in [-0.4, -0.2) is 11.7 Å². The summed E-state index contributed by atoms with van der Waals surface area (Å²) < 4.78 is 5.12. The fraction of sp³-hybridized carbons (Fsp3) is 0.600. The average Bonchev–Trinajstić information content (AvgIpc) is 2.56. The Kier molecular flexibility index (Phi) is 3.51. The van der Waals surface area contributed by atoms with Crippen LogP contribution in [0.3, 0.4) is 0 Å². The van der Waals surface area contributed by atoms with Gasteiger partial charge in [-0.1, -0.05) is 13.8 Å². The van der Waals surface area contributed by atoms with Crippen LogP contribution in [0, 0.1) is 11.8 Å². The van der Waals surface area contributed by atoms with Gasteiger partial charge in [0.25, 0.3) is 0 Å². The Morgan fingerprint density at radius 1 is 1.54 bits per heavy atom. The van der Waals surface area contributed by atoms with Crippen LogP contribution >= 0.6 is 0 Å². The first-order valence-corrected chi connectivity index (χ1v) is 4.58. The van der Waals surface area contributed by atoms with Crippen molar-refractivity contribution in [3.63, 3.8) is 0 Å². The molecule has 3 heteroatoms. The fourth-order valence-corrected chi connectivity index (χ4v) is 1.44. The Bertz CT molecular complexity index is 231. The van der Waals surface area contributed by atoms with E-state index in [4.69, 9.17) is 10.2 Å². The molecule has 0 fully saturated rings. The Morgan fingerprint density at radius 3 is 2.62 bits per heavy atom. The van der Waals surface area contributed by atoms with Gasteiger partial charge in [-0.25, -0.2) is 0 Å². The number of hydrogen-bond donors (Lipinski definition) is 2. The van der Waals surface area contributed by atoms with E-state index in [9.17, 15) is 5.11 Å².